The summed E-state index contributed by atoms with van der Waals surface area (Å²) in [7, 11) is 1.69. The topological polar surface area (TPSA) is 44.5 Å². The van der Waals surface area contributed by atoms with Crippen LogP contribution < -0.4 is 10.5 Å². The predicted molar refractivity (Wildman–Crippen MR) is 85.6 cm³/mol. The van der Waals surface area contributed by atoms with Gasteiger partial charge in [-0.3, -0.25) is 0 Å². The van der Waals surface area contributed by atoms with E-state index >= 15 is 0 Å². The van der Waals surface area contributed by atoms with Crippen molar-refractivity contribution in [2.24, 2.45) is 11.7 Å². The molecule has 3 unspecified atom stereocenters. The largest absolute Gasteiger partial charge is 0.497 e. The molecule has 2 aromatic carbocycles. The fourth-order valence-corrected chi connectivity index (χ4v) is 3.32. The van der Waals surface area contributed by atoms with Crippen LogP contribution in [0.1, 0.15) is 31.4 Å². The fourth-order valence-electron chi connectivity index (χ4n) is 3.32. The Balaban J connectivity index is 1.90. The smallest absolute Gasteiger partial charge is 0.119 e. The molecule has 0 aliphatic carbocycles. The first-order valence-corrected chi connectivity index (χ1v) is 7.68. The molecular weight excluding hydrogens is 262 g/mol. The van der Waals surface area contributed by atoms with Crippen LogP contribution in [-0.4, -0.2) is 19.8 Å². The van der Waals surface area contributed by atoms with E-state index in [1.807, 2.05) is 6.07 Å². The van der Waals surface area contributed by atoms with Gasteiger partial charge in [0.1, 0.15) is 5.75 Å². The Morgan fingerprint density at radius 3 is 2.76 bits per heavy atom. The molecule has 1 saturated heterocycles. The lowest BCUT2D eigenvalue weighted by atomic mass is 9.86. The van der Waals surface area contributed by atoms with E-state index in [9.17, 15) is 0 Å². The average Bonchev–Trinajstić information content (AvgIpc) is 3.01. The second kappa shape index (κ2) is 6.04. The number of ether oxygens (including phenoxy) is 2. The highest BCUT2D eigenvalue weighted by Gasteiger charge is 2.32. The molecule has 0 spiro atoms. The lowest BCUT2D eigenvalue weighted by Crippen LogP contribution is -2.27. The van der Waals surface area contributed by atoms with Gasteiger partial charge in [0.25, 0.3) is 0 Å². The van der Waals surface area contributed by atoms with E-state index in [0.29, 0.717) is 12.0 Å². The van der Waals surface area contributed by atoms with Crippen molar-refractivity contribution in [3.05, 3.63) is 42.0 Å². The summed E-state index contributed by atoms with van der Waals surface area (Å²) in [4.78, 5) is 0. The SMILES string of the molecule is CCC1OCCC1C(N)c1ccc2cc(OC)ccc2c1. The van der Waals surface area contributed by atoms with Crippen molar-refractivity contribution >= 4 is 10.8 Å². The quantitative estimate of drug-likeness (QED) is 0.932. The summed E-state index contributed by atoms with van der Waals surface area (Å²) in [5, 5.41) is 2.38. The van der Waals surface area contributed by atoms with Gasteiger partial charge in [0.15, 0.2) is 0 Å². The summed E-state index contributed by atoms with van der Waals surface area (Å²) in [5.41, 5.74) is 7.70. The second-order valence-electron chi connectivity index (χ2n) is 5.77. The van der Waals surface area contributed by atoms with Gasteiger partial charge in [-0.2, -0.15) is 0 Å². The number of rotatable bonds is 4. The molecule has 1 fully saturated rings. The molecule has 0 bridgehead atoms. The molecule has 0 amide bonds. The summed E-state index contributed by atoms with van der Waals surface area (Å²) in [6.45, 7) is 3.00. The number of nitrogens with two attached hydrogens (primary N) is 1. The lowest BCUT2D eigenvalue weighted by Gasteiger charge is -2.24. The first-order valence-electron chi connectivity index (χ1n) is 7.68. The number of fused-ring (bicyclic) bond motifs is 1. The monoisotopic (exact) mass is 285 g/mol. The Bertz CT molecular complexity index is 626. The Morgan fingerprint density at radius 2 is 2.00 bits per heavy atom. The average molecular weight is 285 g/mol. The Labute approximate surface area is 126 Å². The van der Waals surface area contributed by atoms with Gasteiger partial charge in [-0.25, -0.2) is 0 Å². The lowest BCUT2D eigenvalue weighted by molar-refractivity contribution is 0.0813. The van der Waals surface area contributed by atoms with Crippen LogP contribution in [0, 0.1) is 5.92 Å². The third kappa shape index (κ3) is 2.76. The van der Waals surface area contributed by atoms with E-state index in [0.717, 1.165) is 25.2 Å². The maximum absolute atomic E-state index is 6.51. The molecule has 2 aromatic rings. The molecule has 3 atom stereocenters. The summed E-state index contributed by atoms with van der Waals surface area (Å²) in [5.74, 6) is 1.31. The molecule has 1 heterocycles. The molecular formula is C18H23NO2. The molecule has 3 heteroatoms. The first kappa shape index (κ1) is 14.4. The van der Waals surface area contributed by atoms with Crippen LogP contribution in [0.15, 0.2) is 36.4 Å². The predicted octanol–water partition coefficient (Wildman–Crippen LogP) is 3.66. The van der Waals surface area contributed by atoms with E-state index in [1.165, 1.54) is 16.3 Å². The highest BCUT2D eigenvalue weighted by atomic mass is 16.5. The summed E-state index contributed by atoms with van der Waals surface area (Å²) in [6, 6.07) is 12.6. The van der Waals surface area contributed by atoms with E-state index in [-0.39, 0.29) is 6.04 Å². The van der Waals surface area contributed by atoms with Gasteiger partial charge in [0.05, 0.1) is 13.2 Å². The van der Waals surface area contributed by atoms with Crippen molar-refractivity contribution in [1.82, 2.24) is 0 Å². The minimum atomic E-state index is 0.0453. The van der Waals surface area contributed by atoms with Crippen molar-refractivity contribution < 1.29 is 9.47 Å². The van der Waals surface area contributed by atoms with Gasteiger partial charge in [-0.15, -0.1) is 0 Å². The Morgan fingerprint density at radius 1 is 1.24 bits per heavy atom. The Kier molecular flexibility index (Phi) is 4.13. The number of methoxy groups -OCH3 is 1. The standard InChI is InChI=1S/C18H23NO2/c1-3-17-16(8-9-21-17)18(19)14-5-4-13-11-15(20-2)7-6-12(13)10-14/h4-7,10-11,16-18H,3,8-9,19H2,1-2H3. The normalized spacial score (nSPS) is 23.4. The zero-order chi connectivity index (χ0) is 14.8. The third-order valence-electron chi connectivity index (χ3n) is 4.58. The van der Waals surface area contributed by atoms with Crippen molar-refractivity contribution in [1.29, 1.82) is 0 Å². The summed E-state index contributed by atoms with van der Waals surface area (Å²) in [6.07, 6.45) is 2.38. The maximum Gasteiger partial charge on any atom is 0.119 e. The molecule has 112 valence electrons. The van der Waals surface area contributed by atoms with Crippen LogP contribution in [0.3, 0.4) is 0 Å². The minimum Gasteiger partial charge on any atom is -0.497 e. The fraction of sp³-hybridized carbons (Fsp3) is 0.444. The second-order valence-corrected chi connectivity index (χ2v) is 5.77. The minimum absolute atomic E-state index is 0.0453. The number of benzene rings is 2. The zero-order valence-corrected chi connectivity index (χ0v) is 12.7. The van der Waals surface area contributed by atoms with Crippen molar-refractivity contribution in [3.63, 3.8) is 0 Å². The summed E-state index contributed by atoms with van der Waals surface area (Å²) < 4.78 is 11.0. The molecule has 1 aliphatic rings. The van der Waals surface area contributed by atoms with Crippen LogP contribution in [0.4, 0.5) is 0 Å². The molecule has 2 N–H and O–H groups in total. The van der Waals surface area contributed by atoms with Gasteiger partial charge in [0.2, 0.25) is 0 Å². The zero-order valence-electron chi connectivity index (χ0n) is 12.7. The molecule has 0 radical (unpaired) electrons. The first-order chi connectivity index (χ1) is 10.2. The van der Waals surface area contributed by atoms with Crippen molar-refractivity contribution in [2.45, 2.75) is 31.9 Å². The van der Waals surface area contributed by atoms with E-state index in [2.05, 4.69) is 37.3 Å². The Hall–Kier alpha value is -1.58. The van der Waals surface area contributed by atoms with Crippen LogP contribution in [0.2, 0.25) is 0 Å². The van der Waals surface area contributed by atoms with Crippen molar-refractivity contribution in [3.8, 4) is 5.75 Å². The van der Waals surface area contributed by atoms with Crippen LogP contribution in [0.25, 0.3) is 10.8 Å². The number of hydrogen-bond acceptors (Lipinski definition) is 3. The highest BCUT2D eigenvalue weighted by Crippen LogP contribution is 2.34. The third-order valence-corrected chi connectivity index (χ3v) is 4.58. The molecule has 3 rings (SSSR count). The van der Waals surface area contributed by atoms with Crippen LogP contribution in [0.5, 0.6) is 5.75 Å². The maximum atomic E-state index is 6.51. The summed E-state index contributed by atoms with van der Waals surface area (Å²) >= 11 is 0. The van der Waals surface area contributed by atoms with Gasteiger partial charge in [-0.05, 0) is 47.4 Å². The molecule has 0 aromatic heterocycles. The van der Waals surface area contributed by atoms with E-state index in [4.69, 9.17) is 15.2 Å². The van der Waals surface area contributed by atoms with E-state index in [1.54, 1.807) is 7.11 Å². The van der Waals surface area contributed by atoms with Gasteiger partial charge >= 0.3 is 0 Å². The van der Waals surface area contributed by atoms with Crippen LogP contribution >= 0.6 is 0 Å². The number of hydrogen-bond donors (Lipinski definition) is 1. The van der Waals surface area contributed by atoms with E-state index < -0.39 is 0 Å². The highest BCUT2D eigenvalue weighted by molar-refractivity contribution is 5.84. The van der Waals surface area contributed by atoms with Gasteiger partial charge < -0.3 is 15.2 Å². The molecule has 21 heavy (non-hydrogen) atoms. The molecule has 1 aliphatic heterocycles. The molecule has 0 saturated carbocycles. The van der Waals surface area contributed by atoms with Crippen molar-refractivity contribution in [2.75, 3.05) is 13.7 Å². The van der Waals surface area contributed by atoms with Gasteiger partial charge in [-0.1, -0.05) is 25.1 Å². The van der Waals surface area contributed by atoms with Crippen LogP contribution in [-0.2, 0) is 4.74 Å². The molecule has 3 nitrogen and oxygen atoms in total. The van der Waals surface area contributed by atoms with Gasteiger partial charge in [0, 0.05) is 18.6 Å².